The molecule has 0 radical (unpaired) electrons. The minimum Gasteiger partial charge on any atom is -0.488 e. The molecule has 0 saturated carbocycles. The normalized spacial score (nSPS) is 20.5. The highest BCUT2D eigenvalue weighted by molar-refractivity contribution is 6.46. The zero-order valence-corrected chi connectivity index (χ0v) is 22.9. The summed E-state index contributed by atoms with van der Waals surface area (Å²) in [5, 5.41) is 6.75. The number of esters is 1. The minimum atomic E-state index is -0.775. The number of amides is 2. The maximum Gasteiger partial charge on any atom is 0.407 e. The maximum atomic E-state index is 13.6. The monoisotopic (exact) mass is 575 g/mol. The number of nitrogens with one attached hydrogen (secondary N) is 2. The first-order chi connectivity index (χ1) is 18.7. The third-order valence-corrected chi connectivity index (χ3v) is 7.79. The number of aryl methyl sites for hydroxylation is 1. The Kier molecular flexibility index (Phi) is 7.61. The number of carbonyl (C=O) groups excluding carboxylic acids is 3. The molecule has 39 heavy (non-hydrogen) atoms. The smallest absolute Gasteiger partial charge is 0.407 e. The molecule has 1 aromatic heterocycles. The van der Waals surface area contributed by atoms with Crippen LogP contribution in [-0.4, -0.2) is 61.6 Å². The highest BCUT2D eigenvalue weighted by atomic mass is 35.5. The van der Waals surface area contributed by atoms with E-state index in [9.17, 15) is 14.4 Å². The number of rotatable bonds is 8. The summed E-state index contributed by atoms with van der Waals surface area (Å²) in [7, 11) is 1.75. The number of cyclic esters (lactones) is 1. The van der Waals surface area contributed by atoms with Gasteiger partial charge in [-0.25, -0.2) is 9.59 Å². The van der Waals surface area contributed by atoms with Gasteiger partial charge in [0.1, 0.15) is 23.1 Å². The van der Waals surface area contributed by atoms with Crippen LogP contribution in [0.2, 0.25) is 10.0 Å². The molecule has 2 unspecified atom stereocenters. The zero-order valence-electron chi connectivity index (χ0n) is 21.3. The van der Waals surface area contributed by atoms with Crippen molar-refractivity contribution in [3.8, 4) is 5.75 Å². The van der Waals surface area contributed by atoms with Crippen LogP contribution in [0.4, 0.5) is 4.79 Å². The van der Waals surface area contributed by atoms with Crippen LogP contribution in [-0.2, 0) is 26.8 Å². The second-order valence-electron chi connectivity index (χ2n) is 9.38. The zero-order chi connectivity index (χ0) is 27.7. The van der Waals surface area contributed by atoms with Crippen LogP contribution in [0, 0.1) is 0 Å². The van der Waals surface area contributed by atoms with Crippen molar-refractivity contribution in [1.82, 2.24) is 15.2 Å². The van der Waals surface area contributed by atoms with Crippen LogP contribution in [0.25, 0.3) is 10.9 Å². The molecule has 0 spiro atoms. The number of alkyl carbamates (subject to hydrolysis) is 1. The maximum absolute atomic E-state index is 13.6. The number of aromatic nitrogens is 1. The van der Waals surface area contributed by atoms with Crippen molar-refractivity contribution in [3.63, 3.8) is 0 Å². The lowest BCUT2D eigenvalue weighted by molar-refractivity contribution is 0.0526. The number of halogens is 2. The fourth-order valence-corrected chi connectivity index (χ4v) is 5.25. The largest absolute Gasteiger partial charge is 0.488 e. The molecule has 3 heterocycles. The Morgan fingerprint density at radius 3 is 2.62 bits per heavy atom. The lowest BCUT2D eigenvalue weighted by Gasteiger charge is -2.29. The van der Waals surface area contributed by atoms with E-state index in [4.69, 9.17) is 42.1 Å². The van der Waals surface area contributed by atoms with Gasteiger partial charge in [-0.2, -0.15) is 0 Å². The number of nitrogens with zero attached hydrogens (tertiary/aromatic N) is 1. The molecule has 2 fully saturated rings. The van der Waals surface area contributed by atoms with Gasteiger partial charge in [0, 0.05) is 31.5 Å². The number of fused-ring (bicyclic) bond motifs is 1. The Bertz CT molecular complexity index is 1430. The first-order valence-electron chi connectivity index (χ1n) is 12.4. The van der Waals surface area contributed by atoms with E-state index >= 15 is 0 Å². The third-order valence-electron chi connectivity index (χ3n) is 6.92. The van der Waals surface area contributed by atoms with Crippen molar-refractivity contribution in [3.05, 3.63) is 63.3 Å². The van der Waals surface area contributed by atoms with Crippen LogP contribution in [0.15, 0.2) is 36.4 Å². The Hall–Kier alpha value is -3.47. The predicted octanol–water partition coefficient (Wildman–Crippen LogP) is 4.19. The quantitative estimate of drug-likeness (QED) is 0.386. The first kappa shape index (κ1) is 27.1. The summed E-state index contributed by atoms with van der Waals surface area (Å²) in [5.74, 6) is -0.417. The molecule has 0 aliphatic carbocycles. The van der Waals surface area contributed by atoms with E-state index in [0.29, 0.717) is 47.5 Å². The molecule has 2 atom stereocenters. The van der Waals surface area contributed by atoms with Crippen molar-refractivity contribution < 1.29 is 33.3 Å². The molecule has 2 aliphatic heterocycles. The van der Waals surface area contributed by atoms with Gasteiger partial charge < -0.3 is 34.1 Å². The second kappa shape index (κ2) is 11.0. The summed E-state index contributed by atoms with van der Waals surface area (Å²) in [4.78, 5) is 37.0. The molecule has 3 aromatic rings. The Balaban J connectivity index is 1.40. The highest BCUT2D eigenvalue weighted by Gasteiger charge is 2.39. The number of benzene rings is 2. The standard InChI is InChI=1S/C27H27Cl2N3O7/c1-3-37-25(34)15-4-6-16(7-5-15)27(8-9-36-14-27)31-24(33)20-10-18-19(32(20)2)11-21(23(29)22(18)28)38-13-17-12-30-26(35)39-17/h4-7,10-11,17H,3,8-9,12-14H2,1-2H3,(H,30,35)(H,31,33). The fraction of sp³-hybridized carbons (Fsp3) is 0.370. The molecule has 2 aliphatic rings. The van der Waals surface area contributed by atoms with Crippen molar-refractivity contribution in [1.29, 1.82) is 0 Å². The summed E-state index contributed by atoms with van der Waals surface area (Å²) in [5.41, 5.74) is 1.48. The molecular formula is C27H27Cl2N3O7. The lowest BCUT2D eigenvalue weighted by Crippen LogP contribution is -2.47. The third kappa shape index (κ3) is 5.24. The average molecular weight is 576 g/mol. The van der Waals surface area contributed by atoms with E-state index < -0.39 is 23.7 Å². The average Bonchev–Trinajstić information content (AvgIpc) is 3.65. The molecule has 2 amide bonds. The van der Waals surface area contributed by atoms with Gasteiger partial charge in [-0.05, 0) is 30.7 Å². The minimum absolute atomic E-state index is 0.0928. The molecule has 5 rings (SSSR count). The molecular weight excluding hydrogens is 549 g/mol. The summed E-state index contributed by atoms with van der Waals surface area (Å²) in [6.07, 6.45) is -0.386. The summed E-state index contributed by atoms with van der Waals surface area (Å²) in [6, 6.07) is 10.4. The van der Waals surface area contributed by atoms with Crippen molar-refractivity contribution in [2.24, 2.45) is 7.05 Å². The van der Waals surface area contributed by atoms with Crippen LogP contribution >= 0.6 is 23.2 Å². The predicted molar refractivity (Wildman–Crippen MR) is 144 cm³/mol. The highest BCUT2D eigenvalue weighted by Crippen LogP contribution is 2.40. The van der Waals surface area contributed by atoms with Crippen LogP contribution in [0.1, 0.15) is 39.8 Å². The van der Waals surface area contributed by atoms with Gasteiger partial charge in [0.05, 0.1) is 41.4 Å². The Morgan fingerprint density at radius 1 is 1.21 bits per heavy atom. The van der Waals surface area contributed by atoms with E-state index in [-0.39, 0.29) is 35.8 Å². The van der Waals surface area contributed by atoms with Crippen molar-refractivity contribution >= 4 is 52.1 Å². The van der Waals surface area contributed by atoms with Gasteiger partial charge in [0.2, 0.25) is 0 Å². The number of carbonyl (C=O) groups is 3. The molecule has 12 heteroatoms. The van der Waals surface area contributed by atoms with Gasteiger partial charge in [-0.15, -0.1) is 0 Å². The SMILES string of the molecule is CCOC(=O)c1ccc(C2(NC(=O)c3cc4c(Cl)c(Cl)c(OCC5CNC(=O)O5)cc4n3C)CCOC2)cc1. The van der Waals surface area contributed by atoms with Gasteiger partial charge in [-0.3, -0.25) is 4.79 Å². The molecule has 206 valence electrons. The molecule has 0 bridgehead atoms. The van der Waals surface area contributed by atoms with E-state index in [1.54, 1.807) is 54.9 Å². The van der Waals surface area contributed by atoms with Crippen LogP contribution in [0.5, 0.6) is 5.75 Å². The van der Waals surface area contributed by atoms with E-state index in [1.807, 2.05) is 0 Å². The van der Waals surface area contributed by atoms with E-state index in [0.717, 1.165) is 5.56 Å². The summed E-state index contributed by atoms with van der Waals surface area (Å²) < 4.78 is 23.4. The van der Waals surface area contributed by atoms with E-state index in [2.05, 4.69) is 10.6 Å². The lowest BCUT2D eigenvalue weighted by atomic mass is 9.88. The second-order valence-corrected chi connectivity index (χ2v) is 10.1. The van der Waals surface area contributed by atoms with E-state index in [1.165, 1.54) is 0 Å². The molecule has 2 aromatic carbocycles. The molecule has 10 nitrogen and oxygen atoms in total. The summed E-state index contributed by atoms with van der Waals surface area (Å²) >= 11 is 13.1. The Morgan fingerprint density at radius 2 is 1.97 bits per heavy atom. The first-order valence-corrected chi connectivity index (χ1v) is 13.2. The molecule has 2 N–H and O–H groups in total. The van der Waals surface area contributed by atoms with Crippen LogP contribution < -0.4 is 15.4 Å². The van der Waals surface area contributed by atoms with Crippen molar-refractivity contribution in [2.45, 2.75) is 25.0 Å². The van der Waals surface area contributed by atoms with Gasteiger partial charge in [0.25, 0.3) is 5.91 Å². The Labute approximate surface area is 234 Å². The van der Waals surface area contributed by atoms with Gasteiger partial charge in [-0.1, -0.05) is 35.3 Å². The van der Waals surface area contributed by atoms with Gasteiger partial charge >= 0.3 is 12.1 Å². The van der Waals surface area contributed by atoms with Crippen LogP contribution in [0.3, 0.4) is 0 Å². The van der Waals surface area contributed by atoms with Gasteiger partial charge in [0.15, 0.2) is 6.10 Å². The topological polar surface area (TPSA) is 117 Å². The number of ether oxygens (including phenoxy) is 4. The molecule has 2 saturated heterocycles. The number of hydrogen-bond acceptors (Lipinski definition) is 7. The summed E-state index contributed by atoms with van der Waals surface area (Å²) in [6.45, 7) is 3.22. The van der Waals surface area contributed by atoms with Crippen molar-refractivity contribution in [2.75, 3.05) is 33.0 Å². The number of hydrogen-bond donors (Lipinski definition) is 2. The fourth-order valence-electron chi connectivity index (χ4n) is 4.80.